The fraction of sp³-hybridized carbons (Fsp3) is 0.333. The van der Waals surface area contributed by atoms with Crippen LogP contribution in [0.15, 0.2) is 57.9 Å². The summed E-state index contributed by atoms with van der Waals surface area (Å²) in [4.78, 5) is 15.6. The van der Waals surface area contributed by atoms with E-state index in [0.717, 1.165) is 58.2 Å². The number of hydrogen-bond acceptors (Lipinski definition) is 5. The molecule has 0 saturated carbocycles. The van der Waals surface area contributed by atoms with E-state index in [0.29, 0.717) is 13.0 Å². The van der Waals surface area contributed by atoms with Crippen LogP contribution in [0.25, 0.3) is 22.3 Å². The SMILES string of the molecule is COc1ccc(-c2cc(=NCCCCC[C@H]([NH3+])C(=O)[O-])c3cc(C)ccc3o2)cc1. The topological polar surface area (TPSA) is 103 Å². The first-order valence-electron chi connectivity index (χ1n) is 10.2. The highest BCUT2D eigenvalue weighted by Crippen LogP contribution is 2.24. The maximum absolute atomic E-state index is 10.7. The molecule has 1 atom stereocenters. The van der Waals surface area contributed by atoms with Crippen LogP contribution in [0.5, 0.6) is 5.75 Å². The molecular weight excluding hydrogens is 380 g/mol. The lowest BCUT2D eigenvalue weighted by Gasteiger charge is -2.08. The summed E-state index contributed by atoms with van der Waals surface area (Å²) in [5.74, 6) is 0.463. The van der Waals surface area contributed by atoms with Crippen molar-refractivity contribution in [1.29, 1.82) is 0 Å². The molecule has 30 heavy (non-hydrogen) atoms. The van der Waals surface area contributed by atoms with Gasteiger partial charge in [-0.3, -0.25) is 4.99 Å². The Kier molecular flexibility index (Phi) is 7.25. The number of carboxylic acid groups (broad SMARTS) is 1. The van der Waals surface area contributed by atoms with Crippen LogP contribution in [-0.2, 0) is 4.79 Å². The van der Waals surface area contributed by atoms with E-state index >= 15 is 0 Å². The molecule has 6 nitrogen and oxygen atoms in total. The minimum atomic E-state index is -1.08. The maximum atomic E-state index is 10.7. The van der Waals surface area contributed by atoms with Gasteiger partial charge in [0, 0.05) is 30.0 Å². The number of fused-ring (bicyclic) bond motifs is 1. The molecule has 0 aliphatic heterocycles. The van der Waals surface area contributed by atoms with Crippen LogP contribution in [-0.4, -0.2) is 25.7 Å². The number of carboxylic acids is 1. The highest BCUT2D eigenvalue weighted by molar-refractivity contribution is 5.79. The van der Waals surface area contributed by atoms with Gasteiger partial charge in [-0.15, -0.1) is 0 Å². The molecule has 2 aromatic carbocycles. The lowest BCUT2D eigenvalue weighted by Crippen LogP contribution is -2.68. The zero-order valence-corrected chi connectivity index (χ0v) is 17.5. The summed E-state index contributed by atoms with van der Waals surface area (Å²) in [6.07, 6.45) is 3.13. The van der Waals surface area contributed by atoms with Crippen molar-refractivity contribution in [3.63, 3.8) is 0 Å². The van der Waals surface area contributed by atoms with Crippen molar-refractivity contribution < 1.29 is 24.8 Å². The van der Waals surface area contributed by atoms with E-state index in [4.69, 9.17) is 14.1 Å². The third kappa shape index (κ3) is 5.48. The van der Waals surface area contributed by atoms with Crippen LogP contribution in [0, 0.1) is 6.92 Å². The highest BCUT2D eigenvalue weighted by Gasteiger charge is 2.08. The quantitative estimate of drug-likeness (QED) is 0.549. The van der Waals surface area contributed by atoms with E-state index in [9.17, 15) is 9.90 Å². The number of nitrogens with zero attached hydrogens (tertiary/aromatic N) is 1. The number of carbonyl (C=O) groups is 1. The largest absolute Gasteiger partial charge is 0.544 e. The number of aliphatic carboxylic acids is 1. The molecule has 0 amide bonds. The number of benzene rings is 2. The summed E-state index contributed by atoms with van der Waals surface area (Å²) in [5, 5.41) is 12.6. The molecule has 0 bridgehead atoms. The van der Waals surface area contributed by atoms with E-state index < -0.39 is 12.0 Å². The summed E-state index contributed by atoms with van der Waals surface area (Å²) in [5.41, 5.74) is 6.49. The zero-order chi connectivity index (χ0) is 21.5. The van der Waals surface area contributed by atoms with Crippen LogP contribution >= 0.6 is 0 Å². The molecule has 3 rings (SSSR count). The average Bonchev–Trinajstić information content (AvgIpc) is 2.75. The number of quaternary nitrogens is 1. The molecule has 0 spiro atoms. The van der Waals surface area contributed by atoms with Crippen molar-refractivity contribution in [1.82, 2.24) is 0 Å². The normalized spacial score (nSPS) is 12.8. The smallest absolute Gasteiger partial charge is 0.136 e. The molecule has 0 unspecified atom stereocenters. The number of rotatable bonds is 9. The molecule has 3 N–H and O–H groups in total. The van der Waals surface area contributed by atoms with Gasteiger partial charge in [0.25, 0.3) is 0 Å². The fourth-order valence-corrected chi connectivity index (χ4v) is 3.31. The fourth-order valence-electron chi connectivity index (χ4n) is 3.31. The number of hydrogen-bond donors (Lipinski definition) is 1. The van der Waals surface area contributed by atoms with Gasteiger partial charge in [-0.05, 0) is 56.2 Å². The monoisotopic (exact) mass is 408 g/mol. The number of ether oxygens (including phenoxy) is 1. The average molecular weight is 408 g/mol. The lowest BCUT2D eigenvalue weighted by atomic mass is 10.1. The van der Waals surface area contributed by atoms with E-state index in [1.54, 1.807) is 7.11 Å². The van der Waals surface area contributed by atoms with E-state index in [2.05, 4.69) is 11.8 Å². The van der Waals surface area contributed by atoms with Crippen LogP contribution < -0.4 is 20.9 Å². The van der Waals surface area contributed by atoms with Gasteiger partial charge in [0.1, 0.15) is 23.1 Å². The van der Waals surface area contributed by atoms with Crippen LogP contribution in [0.1, 0.15) is 31.2 Å². The molecule has 6 heteroatoms. The van der Waals surface area contributed by atoms with Gasteiger partial charge in [-0.25, -0.2) is 0 Å². The predicted molar refractivity (Wildman–Crippen MR) is 114 cm³/mol. The molecule has 0 saturated heterocycles. The highest BCUT2D eigenvalue weighted by atomic mass is 16.5. The maximum Gasteiger partial charge on any atom is 0.136 e. The van der Waals surface area contributed by atoms with Gasteiger partial charge in [0.2, 0.25) is 0 Å². The van der Waals surface area contributed by atoms with Gasteiger partial charge >= 0.3 is 0 Å². The molecule has 1 heterocycles. The molecule has 158 valence electrons. The van der Waals surface area contributed by atoms with Crippen LogP contribution in [0.4, 0.5) is 0 Å². The number of aryl methyl sites for hydroxylation is 1. The van der Waals surface area contributed by atoms with Crippen molar-refractivity contribution in [2.24, 2.45) is 4.99 Å². The van der Waals surface area contributed by atoms with Crippen molar-refractivity contribution in [2.75, 3.05) is 13.7 Å². The van der Waals surface area contributed by atoms with Crippen LogP contribution in [0.2, 0.25) is 0 Å². The second-order valence-corrected chi connectivity index (χ2v) is 7.47. The third-order valence-electron chi connectivity index (χ3n) is 5.10. The number of methoxy groups -OCH3 is 1. The first kappa shape index (κ1) is 21.6. The van der Waals surface area contributed by atoms with E-state index in [1.807, 2.05) is 49.4 Å². The first-order valence-corrected chi connectivity index (χ1v) is 10.2. The van der Waals surface area contributed by atoms with Crippen molar-refractivity contribution in [2.45, 2.75) is 38.6 Å². The Hall–Kier alpha value is -3.12. The summed E-state index contributed by atoms with van der Waals surface area (Å²) >= 11 is 0. The Labute approximate surface area is 176 Å². The summed E-state index contributed by atoms with van der Waals surface area (Å²) in [7, 11) is 1.64. The van der Waals surface area contributed by atoms with E-state index in [1.165, 1.54) is 0 Å². The minimum absolute atomic E-state index is 0.538. The van der Waals surface area contributed by atoms with Crippen molar-refractivity contribution in [3.8, 4) is 17.1 Å². The Morgan fingerprint density at radius 1 is 1.13 bits per heavy atom. The third-order valence-corrected chi connectivity index (χ3v) is 5.10. The van der Waals surface area contributed by atoms with Crippen LogP contribution in [0.3, 0.4) is 0 Å². The molecule has 0 aliphatic rings. The number of unbranched alkanes of at least 4 members (excludes halogenated alkanes) is 2. The van der Waals surface area contributed by atoms with Gasteiger partial charge < -0.3 is 24.8 Å². The Bertz CT molecular complexity index is 1070. The zero-order valence-electron chi connectivity index (χ0n) is 17.5. The number of carbonyl (C=O) groups excluding carboxylic acids is 1. The Morgan fingerprint density at radius 2 is 1.90 bits per heavy atom. The van der Waals surface area contributed by atoms with Gasteiger partial charge in [0.05, 0.1) is 18.4 Å². The lowest BCUT2D eigenvalue weighted by molar-refractivity contribution is -0.438. The second kappa shape index (κ2) is 10.1. The summed E-state index contributed by atoms with van der Waals surface area (Å²) < 4.78 is 11.4. The first-order chi connectivity index (χ1) is 14.5. The van der Waals surface area contributed by atoms with E-state index in [-0.39, 0.29) is 0 Å². The van der Waals surface area contributed by atoms with Gasteiger partial charge in [-0.1, -0.05) is 18.1 Å². The molecule has 3 aromatic rings. The van der Waals surface area contributed by atoms with Crippen molar-refractivity contribution in [3.05, 3.63) is 59.5 Å². The molecule has 0 radical (unpaired) electrons. The molecule has 0 fully saturated rings. The van der Waals surface area contributed by atoms with Gasteiger partial charge in [0.15, 0.2) is 0 Å². The second-order valence-electron chi connectivity index (χ2n) is 7.47. The predicted octanol–water partition coefficient (Wildman–Crippen LogP) is 2.24. The van der Waals surface area contributed by atoms with Gasteiger partial charge in [-0.2, -0.15) is 0 Å². The van der Waals surface area contributed by atoms with Crippen molar-refractivity contribution >= 4 is 16.9 Å². The summed E-state index contributed by atoms with van der Waals surface area (Å²) in [6.45, 7) is 2.72. The standard InChI is InChI=1S/C24H28N2O4/c1-16-7-12-22-19(14-16)21(26-13-5-3-4-6-20(25)24(27)28)15-23(30-22)17-8-10-18(29-2)11-9-17/h7-12,14-15,20H,3-6,13,25H2,1-2H3,(H,27,28)/t20-/m0/s1. The minimum Gasteiger partial charge on any atom is -0.544 e. The Morgan fingerprint density at radius 3 is 2.60 bits per heavy atom. The molecule has 0 aliphatic carbocycles. The molecular formula is C24H28N2O4. The Balaban J connectivity index is 1.81. The molecule has 1 aromatic heterocycles. The summed E-state index contributed by atoms with van der Waals surface area (Å²) in [6, 6.07) is 15.2.